The summed E-state index contributed by atoms with van der Waals surface area (Å²) >= 11 is 7.35. The summed E-state index contributed by atoms with van der Waals surface area (Å²) in [4.78, 5) is 28.3. The normalized spacial score (nSPS) is 15.5. The molecule has 174 valence electrons. The number of halogens is 1. The second-order valence-electron chi connectivity index (χ2n) is 7.46. The summed E-state index contributed by atoms with van der Waals surface area (Å²) in [6, 6.07) is 2.97. The molecule has 12 heteroatoms. The van der Waals surface area contributed by atoms with E-state index in [1.165, 1.54) is 30.4 Å². The maximum absolute atomic E-state index is 13.0. The van der Waals surface area contributed by atoms with Gasteiger partial charge < -0.3 is 15.2 Å². The number of aromatic nitrogens is 1. The molecular formula is C20H24ClN3O6S2. The van der Waals surface area contributed by atoms with Crippen molar-refractivity contribution in [3.05, 3.63) is 28.9 Å². The molecule has 0 aliphatic heterocycles. The van der Waals surface area contributed by atoms with Gasteiger partial charge in [-0.05, 0) is 50.3 Å². The van der Waals surface area contributed by atoms with Crippen LogP contribution in [0, 0.1) is 6.92 Å². The molecule has 0 unspecified atom stereocenters. The zero-order chi connectivity index (χ0) is 23.5. The minimum absolute atomic E-state index is 0.0497. The van der Waals surface area contributed by atoms with Crippen molar-refractivity contribution in [3.63, 3.8) is 0 Å². The van der Waals surface area contributed by atoms with Crippen LogP contribution in [0.5, 0.6) is 0 Å². The highest BCUT2D eigenvalue weighted by Gasteiger charge is 2.30. The van der Waals surface area contributed by atoms with Gasteiger partial charge in [0.2, 0.25) is 15.9 Å². The molecule has 1 fully saturated rings. The fourth-order valence-corrected chi connectivity index (χ4v) is 6.09. The highest BCUT2D eigenvalue weighted by Crippen LogP contribution is 2.35. The number of benzene rings is 1. The maximum Gasteiger partial charge on any atom is 0.326 e. The highest BCUT2D eigenvalue weighted by molar-refractivity contribution is 7.89. The first-order chi connectivity index (χ1) is 15.1. The molecule has 1 amide bonds. The van der Waals surface area contributed by atoms with E-state index in [0.717, 1.165) is 25.7 Å². The molecule has 32 heavy (non-hydrogen) atoms. The van der Waals surface area contributed by atoms with E-state index in [9.17, 15) is 23.1 Å². The second-order valence-corrected chi connectivity index (χ2v) is 10.5. The van der Waals surface area contributed by atoms with Gasteiger partial charge in [0.1, 0.15) is 17.0 Å². The Morgan fingerprint density at radius 2 is 2.03 bits per heavy atom. The molecule has 3 rings (SSSR count). The van der Waals surface area contributed by atoms with Gasteiger partial charge in [-0.15, -0.1) is 0 Å². The summed E-state index contributed by atoms with van der Waals surface area (Å²) in [5, 5.41) is 12.5. The van der Waals surface area contributed by atoms with Gasteiger partial charge in [0.25, 0.3) is 0 Å². The molecule has 0 saturated heterocycles. The number of aryl methyl sites for hydroxylation is 1. The van der Waals surface area contributed by atoms with Gasteiger partial charge in [-0.3, -0.25) is 9.59 Å². The van der Waals surface area contributed by atoms with Crippen LogP contribution < -0.4 is 10.0 Å². The Hall–Kier alpha value is -2.05. The van der Waals surface area contributed by atoms with Crippen LogP contribution in [0.1, 0.15) is 38.3 Å². The predicted octanol–water partition coefficient (Wildman–Crippen LogP) is 2.86. The summed E-state index contributed by atoms with van der Waals surface area (Å²) < 4.78 is 33.5. The predicted molar refractivity (Wildman–Crippen MR) is 121 cm³/mol. The minimum atomic E-state index is -4.26. The molecule has 0 radical (unpaired) electrons. The number of ether oxygens (including phenoxy) is 1. The zero-order valence-electron chi connectivity index (χ0n) is 17.6. The Morgan fingerprint density at radius 3 is 2.66 bits per heavy atom. The monoisotopic (exact) mass is 501 g/mol. The van der Waals surface area contributed by atoms with Crippen LogP contribution in [0.3, 0.4) is 0 Å². The van der Waals surface area contributed by atoms with Crippen LogP contribution in [0.4, 0.5) is 5.13 Å². The number of esters is 1. The Kier molecular flexibility index (Phi) is 7.88. The zero-order valence-corrected chi connectivity index (χ0v) is 19.9. The lowest BCUT2D eigenvalue weighted by Crippen LogP contribution is -2.45. The third kappa shape index (κ3) is 5.84. The van der Waals surface area contributed by atoms with Crippen molar-refractivity contribution in [3.8, 4) is 10.4 Å². The SMILES string of the molecule is CC(=O)Nc1nc(C)c(-c2ccc(Cl)c(S(=O)(=O)N[C@H](CO)C(=O)OC3CCCC3)c2)s1. The van der Waals surface area contributed by atoms with Crippen molar-refractivity contribution in [1.29, 1.82) is 0 Å². The molecule has 1 aromatic carbocycles. The number of sulfonamides is 1. The molecule has 9 nitrogen and oxygen atoms in total. The molecule has 2 aromatic rings. The first kappa shape index (κ1) is 24.6. The highest BCUT2D eigenvalue weighted by atomic mass is 35.5. The van der Waals surface area contributed by atoms with Gasteiger partial charge in [-0.25, -0.2) is 13.4 Å². The number of aliphatic hydroxyl groups is 1. The minimum Gasteiger partial charge on any atom is -0.461 e. The van der Waals surface area contributed by atoms with Crippen LogP contribution in [0.25, 0.3) is 10.4 Å². The number of carbonyl (C=O) groups is 2. The number of anilines is 1. The quantitative estimate of drug-likeness (QED) is 0.473. The third-order valence-electron chi connectivity index (χ3n) is 4.91. The first-order valence-corrected chi connectivity index (χ1v) is 12.7. The molecular weight excluding hydrogens is 478 g/mol. The average molecular weight is 502 g/mol. The molecule has 0 spiro atoms. The van der Waals surface area contributed by atoms with Crippen LogP contribution in [0.15, 0.2) is 23.1 Å². The molecule has 1 heterocycles. The number of hydrogen-bond acceptors (Lipinski definition) is 8. The standard InChI is InChI=1S/C20H24ClN3O6S2/c1-11-18(31-20(22-11)23-12(2)26)13-7-8-15(21)17(9-13)32(28,29)24-16(10-25)19(27)30-14-5-3-4-6-14/h7-9,14,16,24-25H,3-6,10H2,1-2H3,(H,22,23,26)/t16-/m1/s1. The molecule has 3 N–H and O–H groups in total. The smallest absolute Gasteiger partial charge is 0.326 e. The van der Waals surface area contributed by atoms with Crippen LogP contribution in [-0.2, 0) is 24.3 Å². The lowest BCUT2D eigenvalue weighted by molar-refractivity contribution is -0.151. The number of thiazole rings is 1. The number of aliphatic hydroxyl groups excluding tert-OH is 1. The third-order valence-corrected chi connectivity index (χ3v) is 7.99. The number of hydrogen-bond donors (Lipinski definition) is 3. The summed E-state index contributed by atoms with van der Waals surface area (Å²) in [5.74, 6) is -1.10. The molecule has 1 aliphatic rings. The van der Waals surface area contributed by atoms with E-state index in [-0.39, 0.29) is 21.9 Å². The molecule has 0 bridgehead atoms. The Balaban J connectivity index is 1.85. The summed E-state index contributed by atoms with van der Waals surface area (Å²) in [7, 11) is -4.26. The van der Waals surface area contributed by atoms with Gasteiger partial charge in [0.15, 0.2) is 5.13 Å². The van der Waals surface area contributed by atoms with E-state index in [4.69, 9.17) is 16.3 Å². The lowest BCUT2D eigenvalue weighted by Gasteiger charge is -2.19. The van der Waals surface area contributed by atoms with Gasteiger partial charge in [0.05, 0.1) is 22.2 Å². The Morgan fingerprint density at radius 1 is 1.34 bits per heavy atom. The Labute approximate surface area is 195 Å². The number of nitrogens with zero attached hydrogens (tertiary/aromatic N) is 1. The van der Waals surface area contributed by atoms with E-state index >= 15 is 0 Å². The second kappa shape index (κ2) is 10.3. The number of rotatable bonds is 8. The fraction of sp³-hybridized carbons (Fsp3) is 0.450. The van der Waals surface area contributed by atoms with Gasteiger partial charge in [-0.2, -0.15) is 4.72 Å². The summed E-state index contributed by atoms with van der Waals surface area (Å²) in [6.45, 7) is 2.35. The Bertz CT molecular complexity index is 1110. The van der Waals surface area contributed by atoms with Gasteiger partial charge in [-0.1, -0.05) is 29.0 Å². The van der Waals surface area contributed by atoms with Crippen LogP contribution in [-0.4, -0.2) is 49.1 Å². The van der Waals surface area contributed by atoms with Crippen LogP contribution in [0.2, 0.25) is 5.02 Å². The van der Waals surface area contributed by atoms with E-state index in [0.29, 0.717) is 21.3 Å². The van der Waals surface area contributed by atoms with Crippen molar-refractivity contribution in [2.24, 2.45) is 0 Å². The molecule has 1 aliphatic carbocycles. The largest absolute Gasteiger partial charge is 0.461 e. The van der Waals surface area contributed by atoms with Gasteiger partial charge in [0, 0.05) is 6.92 Å². The summed E-state index contributed by atoms with van der Waals surface area (Å²) in [5.41, 5.74) is 1.13. The number of carbonyl (C=O) groups excluding carboxylic acids is 2. The number of amides is 1. The van der Waals surface area contributed by atoms with E-state index < -0.39 is 28.6 Å². The topological polar surface area (TPSA) is 135 Å². The van der Waals surface area contributed by atoms with Crippen molar-refractivity contribution >= 4 is 50.0 Å². The maximum atomic E-state index is 13.0. The molecule has 1 aromatic heterocycles. The fourth-order valence-electron chi connectivity index (χ4n) is 3.38. The first-order valence-electron chi connectivity index (χ1n) is 9.99. The molecule has 1 atom stereocenters. The van der Waals surface area contributed by atoms with E-state index in [1.54, 1.807) is 13.0 Å². The van der Waals surface area contributed by atoms with Crippen molar-refractivity contribution in [2.45, 2.75) is 56.6 Å². The van der Waals surface area contributed by atoms with Crippen molar-refractivity contribution in [2.75, 3.05) is 11.9 Å². The van der Waals surface area contributed by atoms with E-state index in [1.807, 2.05) is 0 Å². The average Bonchev–Trinajstić information content (AvgIpc) is 3.35. The van der Waals surface area contributed by atoms with Crippen molar-refractivity contribution in [1.82, 2.24) is 9.71 Å². The summed E-state index contributed by atoms with van der Waals surface area (Å²) in [6.07, 6.45) is 3.06. The van der Waals surface area contributed by atoms with Crippen molar-refractivity contribution < 1.29 is 27.9 Å². The lowest BCUT2D eigenvalue weighted by atomic mass is 10.2. The number of nitrogens with one attached hydrogen (secondary N) is 2. The van der Waals surface area contributed by atoms with Gasteiger partial charge >= 0.3 is 5.97 Å². The molecule has 1 saturated carbocycles. The van der Waals surface area contributed by atoms with Crippen LogP contribution >= 0.6 is 22.9 Å². The van der Waals surface area contributed by atoms with E-state index in [2.05, 4.69) is 15.0 Å².